The van der Waals surface area contributed by atoms with E-state index in [1.165, 1.54) is 4.90 Å². The molecule has 0 aromatic heterocycles. The SMILES string of the molecule is CC(C)N(CC(O)(CC(F)(F)F)C(F)(F)F)C(C)C. The maximum absolute atomic E-state index is 12.7. The zero-order valence-electron chi connectivity index (χ0n) is 11.2. The molecule has 0 aromatic rings. The lowest BCUT2D eigenvalue weighted by Gasteiger charge is -2.39. The number of hydrogen-bond donors (Lipinski definition) is 1. The van der Waals surface area contributed by atoms with Gasteiger partial charge in [-0.2, -0.15) is 26.3 Å². The first kappa shape index (κ1) is 18.5. The van der Waals surface area contributed by atoms with Crippen LogP contribution in [0.25, 0.3) is 0 Å². The van der Waals surface area contributed by atoms with Gasteiger partial charge in [0.1, 0.15) is 0 Å². The number of aliphatic hydroxyl groups is 1. The average molecular weight is 295 g/mol. The van der Waals surface area contributed by atoms with Crippen molar-refractivity contribution in [1.82, 2.24) is 4.90 Å². The Hall–Kier alpha value is -0.500. The Morgan fingerprint density at radius 1 is 0.895 bits per heavy atom. The summed E-state index contributed by atoms with van der Waals surface area (Å²) in [7, 11) is 0. The van der Waals surface area contributed by atoms with Crippen LogP contribution in [0.15, 0.2) is 0 Å². The Morgan fingerprint density at radius 2 is 1.26 bits per heavy atom. The Labute approximate surface area is 108 Å². The van der Waals surface area contributed by atoms with E-state index in [2.05, 4.69) is 0 Å². The van der Waals surface area contributed by atoms with Gasteiger partial charge in [-0.1, -0.05) is 0 Å². The van der Waals surface area contributed by atoms with Crippen molar-refractivity contribution in [3.63, 3.8) is 0 Å². The zero-order chi connectivity index (χ0) is 15.6. The highest BCUT2D eigenvalue weighted by Crippen LogP contribution is 2.40. The minimum absolute atomic E-state index is 0.415. The van der Waals surface area contributed by atoms with E-state index >= 15 is 0 Å². The number of hydrogen-bond acceptors (Lipinski definition) is 2. The Balaban J connectivity index is 5.28. The summed E-state index contributed by atoms with van der Waals surface area (Å²) in [5.41, 5.74) is -3.79. The molecule has 0 fully saturated rings. The maximum Gasteiger partial charge on any atom is 0.418 e. The molecule has 1 unspecified atom stereocenters. The lowest BCUT2D eigenvalue weighted by Crippen LogP contribution is -2.58. The van der Waals surface area contributed by atoms with Crippen molar-refractivity contribution in [1.29, 1.82) is 0 Å². The van der Waals surface area contributed by atoms with Crippen LogP contribution < -0.4 is 0 Å². The van der Waals surface area contributed by atoms with Gasteiger partial charge >= 0.3 is 12.4 Å². The normalized spacial score (nSPS) is 17.4. The molecule has 0 aliphatic heterocycles. The van der Waals surface area contributed by atoms with Crippen molar-refractivity contribution in [3.8, 4) is 0 Å². The molecule has 0 rings (SSSR count). The fourth-order valence-corrected chi connectivity index (χ4v) is 1.84. The molecule has 0 spiro atoms. The third-order valence-corrected chi connectivity index (χ3v) is 2.79. The van der Waals surface area contributed by atoms with Gasteiger partial charge in [0.05, 0.1) is 6.42 Å². The molecule has 0 saturated heterocycles. The van der Waals surface area contributed by atoms with E-state index in [4.69, 9.17) is 0 Å². The molecular formula is C11H19F6NO. The summed E-state index contributed by atoms with van der Waals surface area (Å²) in [6.07, 6.45) is -12.7. The van der Waals surface area contributed by atoms with Crippen LogP contribution in [0.4, 0.5) is 26.3 Å². The fraction of sp³-hybridized carbons (Fsp3) is 1.00. The second kappa shape index (κ2) is 5.87. The molecule has 0 bridgehead atoms. The van der Waals surface area contributed by atoms with Crippen molar-refractivity contribution in [2.24, 2.45) is 0 Å². The van der Waals surface area contributed by atoms with Crippen LogP contribution in [0, 0.1) is 0 Å². The van der Waals surface area contributed by atoms with Crippen molar-refractivity contribution in [2.75, 3.05) is 6.54 Å². The smallest absolute Gasteiger partial charge is 0.379 e. The summed E-state index contributed by atoms with van der Waals surface area (Å²) in [5, 5.41) is 9.46. The van der Waals surface area contributed by atoms with Crippen molar-refractivity contribution >= 4 is 0 Å². The third kappa shape index (κ3) is 5.56. The lowest BCUT2D eigenvalue weighted by molar-refractivity contribution is -0.299. The molecule has 0 amide bonds. The van der Waals surface area contributed by atoms with Gasteiger partial charge in [-0.15, -0.1) is 0 Å². The largest absolute Gasteiger partial charge is 0.418 e. The monoisotopic (exact) mass is 295 g/mol. The van der Waals surface area contributed by atoms with Crippen LogP contribution >= 0.6 is 0 Å². The molecule has 1 atom stereocenters. The minimum atomic E-state index is -5.34. The summed E-state index contributed by atoms with van der Waals surface area (Å²) < 4.78 is 75.0. The molecule has 116 valence electrons. The van der Waals surface area contributed by atoms with Crippen LogP contribution in [-0.4, -0.2) is 46.6 Å². The molecule has 8 heteroatoms. The minimum Gasteiger partial charge on any atom is -0.379 e. The highest BCUT2D eigenvalue weighted by Gasteiger charge is 2.59. The quantitative estimate of drug-likeness (QED) is 0.786. The van der Waals surface area contributed by atoms with E-state index in [1.807, 2.05) is 0 Å². The standard InChI is InChI=1S/C11H19F6NO/c1-7(2)18(8(3)4)6-9(19,11(15,16)17)5-10(12,13)14/h7-8,19H,5-6H2,1-4H3. The predicted molar refractivity (Wildman–Crippen MR) is 58.7 cm³/mol. The summed E-state index contributed by atoms with van der Waals surface area (Å²) in [4.78, 5) is 1.18. The van der Waals surface area contributed by atoms with Crippen LogP contribution in [-0.2, 0) is 0 Å². The first-order valence-electron chi connectivity index (χ1n) is 5.81. The van der Waals surface area contributed by atoms with E-state index in [0.717, 1.165) is 0 Å². The first-order chi connectivity index (χ1) is 8.19. The van der Waals surface area contributed by atoms with E-state index in [-0.39, 0.29) is 0 Å². The topological polar surface area (TPSA) is 23.5 Å². The molecule has 0 aliphatic carbocycles. The van der Waals surface area contributed by atoms with Gasteiger partial charge in [0, 0.05) is 18.6 Å². The Morgan fingerprint density at radius 3 is 1.47 bits per heavy atom. The molecule has 0 aromatic carbocycles. The number of alkyl halides is 6. The van der Waals surface area contributed by atoms with Crippen LogP contribution in [0.5, 0.6) is 0 Å². The van der Waals surface area contributed by atoms with Crippen molar-refractivity contribution in [2.45, 2.75) is 64.2 Å². The second-order valence-corrected chi connectivity index (χ2v) is 5.18. The van der Waals surface area contributed by atoms with Gasteiger partial charge in [0.25, 0.3) is 0 Å². The number of rotatable bonds is 5. The van der Waals surface area contributed by atoms with E-state index < -0.39 is 43.0 Å². The maximum atomic E-state index is 12.7. The highest BCUT2D eigenvalue weighted by molar-refractivity contribution is 4.93. The van der Waals surface area contributed by atoms with E-state index in [1.54, 1.807) is 27.7 Å². The molecule has 0 heterocycles. The van der Waals surface area contributed by atoms with Gasteiger partial charge in [-0.3, -0.25) is 4.90 Å². The van der Waals surface area contributed by atoms with Gasteiger partial charge in [-0.05, 0) is 27.7 Å². The molecule has 0 radical (unpaired) electrons. The van der Waals surface area contributed by atoms with Crippen LogP contribution in [0.2, 0.25) is 0 Å². The number of nitrogens with zero attached hydrogens (tertiary/aromatic N) is 1. The predicted octanol–water partition coefficient (Wildman–Crippen LogP) is 3.35. The van der Waals surface area contributed by atoms with Gasteiger partial charge in [0.15, 0.2) is 5.60 Å². The molecule has 1 N–H and O–H groups in total. The summed E-state index contributed by atoms with van der Waals surface area (Å²) in [6, 6.07) is -0.829. The Kier molecular flexibility index (Phi) is 5.71. The lowest BCUT2D eigenvalue weighted by atomic mass is 9.96. The summed E-state index contributed by atoms with van der Waals surface area (Å²) in [5.74, 6) is 0. The van der Waals surface area contributed by atoms with Crippen LogP contribution in [0.1, 0.15) is 34.1 Å². The Bertz CT molecular complexity index is 278. The van der Waals surface area contributed by atoms with E-state index in [9.17, 15) is 31.4 Å². The average Bonchev–Trinajstić information content (AvgIpc) is 2.08. The number of halogens is 6. The van der Waals surface area contributed by atoms with Crippen molar-refractivity contribution < 1.29 is 31.4 Å². The summed E-state index contributed by atoms with van der Waals surface area (Å²) >= 11 is 0. The van der Waals surface area contributed by atoms with E-state index in [0.29, 0.717) is 0 Å². The fourth-order valence-electron chi connectivity index (χ4n) is 1.84. The highest BCUT2D eigenvalue weighted by atomic mass is 19.4. The zero-order valence-corrected chi connectivity index (χ0v) is 11.2. The molecule has 0 saturated carbocycles. The third-order valence-electron chi connectivity index (χ3n) is 2.79. The molecule has 2 nitrogen and oxygen atoms in total. The summed E-state index contributed by atoms with van der Waals surface area (Å²) in [6.45, 7) is 5.13. The van der Waals surface area contributed by atoms with Gasteiger partial charge in [0.2, 0.25) is 0 Å². The first-order valence-corrected chi connectivity index (χ1v) is 5.81. The molecule has 19 heavy (non-hydrogen) atoms. The second-order valence-electron chi connectivity index (χ2n) is 5.18. The van der Waals surface area contributed by atoms with Gasteiger partial charge in [-0.25, -0.2) is 0 Å². The van der Waals surface area contributed by atoms with Crippen molar-refractivity contribution in [3.05, 3.63) is 0 Å². The van der Waals surface area contributed by atoms with Crippen LogP contribution in [0.3, 0.4) is 0 Å². The molecular weight excluding hydrogens is 276 g/mol. The van der Waals surface area contributed by atoms with Gasteiger partial charge < -0.3 is 5.11 Å². The molecule has 0 aliphatic rings.